The zero-order valence-corrected chi connectivity index (χ0v) is 10.9. The van der Waals surface area contributed by atoms with Gasteiger partial charge in [-0.1, -0.05) is 18.2 Å². The second-order valence-corrected chi connectivity index (χ2v) is 5.80. The quantitative estimate of drug-likeness (QED) is 0.848. The molecule has 1 aliphatic heterocycles. The average Bonchev–Trinajstić information content (AvgIpc) is 2.42. The maximum absolute atomic E-state index is 13.3. The minimum Gasteiger partial charge on any atom is -0.376 e. The van der Waals surface area contributed by atoms with Gasteiger partial charge in [-0.3, -0.25) is 0 Å². The van der Waals surface area contributed by atoms with E-state index in [-0.39, 0.29) is 12.8 Å². The topological polar surface area (TPSA) is 35.2 Å². The maximum Gasteiger partial charge on any atom is 0.248 e. The van der Waals surface area contributed by atoms with Gasteiger partial charge in [0.25, 0.3) is 0 Å². The van der Waals surface area contributed by atoms with Gasteiger partial charge in [0.05, 0.1) is 13.2 Å². The molecule has 0 atom stereocenters. The van der Waals surface area contributed by atoms with Crippen LogP contribution in [0.2, 0.25) is 0 Å². The van der Waals surface area contributed by atoms with E-state index in [9.17, 15) is 8.78 Å². The fourth-order valence-electron chi connectivity index (χ4n) is 3.02. The summed E-state index contributed by atoms with van der Waals surface area (Å²) in [5, 5.41) is 0. The predicted octanol–water partition coefficient (Wildman–Crippen LogP) is 3.12. The Hall–Kier alpha value is -1.00. The molecule has 1 heterocycles. The molecule has 2 nitrogen and oxygen atoms in total. The number of hydrogen-bond donors (Lipinski definition) is 1. The molecule has 19 heavy (non-hydrogen) atoms. The molecule has 0 saturated heterocycles. The van der Waals surface area contributed by atoms with Gasteiger partial charge in [0.15, 0.2) is 0 Å². The molecule has 0 aromatic heterocycles. The molecule has 1 fully saturated rings. The van der Waals surface area contributed by atoms with Gasteiger partial charge >= 0.3 is 0 Å². The van der Waals surface area contributed by atoms with Crippen molar-refractivity contribution in [2.75, 3.05) is 6.61 Å². The molecule has 2 N–H and O–H groups in total. The molecule has 0 unspecified atom stereocenters. The van der Waals surface area contributed by atoms with Gasteiger partial charge in [-0.05, 0) is 36.0 Å². The zero-order valence-electron chi connectivity index (χ0n) is 10.9. The highest BCUT2D eigenvalue weighted by atomic mass is 19.3. The Morgan fingerprint density at radius 3 is 2.53 bits per heavy atom. The van der Waals surface area contributed by atoms with E-state index in [2.05, 4.69) is 6.07 Å². The normalized spacial score (nSPS) is 24.8. The smallest absolute Gasteiger partial charge is 0.248 e. The van der Waals surface area contributed by atoms with Gasteiger partial charge in [-0.25, -0.2) is 8.78 Å². The van der Waals surface area contributed by atoms with Crippen LogP contribution in [0.3, 0.4) is 0 Å². The van der Waals surface area contributed by atoms with Gasteiger partial charge in [0.1, 0.15) is 0 Å². The number of benzene rings is 1. The highest BCUT2D eigenvalue weighted by molar-refractivity contribution is 5.36. The molecule has 0 radical (unpaired) electrons. The lowest BCUT2D eigenvalue weighted by Crippen LogP contribution is -2.43. The van der Waals surface area contributed by atoms with E-state index in [1.807, 2.05) is 12.1 Å². The van der Waals surface area contributed by atoms with E-state index in [0.717, 1.165) is 18.6 Å². The van der Waals surface area contributed by atoms with Crippen molar-refractivity contribution in [3.05, 3.63) is 34.9 Å². The molecule has 0 spiro atoms. The monoisotopic (exact) mass is 267 g/mol. The van der Waals surface area contributed by atoms with E-state index in [1.165, 1.54) is 11.1 Å². The van der Waals surface area contributed by atoms with Crippen LogP contribution in [-0.2, 0) is 23.3 Å². The Kier molecular flexibility index (Phi) is 3.10. The summed E-state index contributed by atoms with van der Waals surface area (Å²) in [5.74, 6) is -2.54. The van der Waals surface area contributed by atoms with Crippen LogP contribution in [-0.4, -0.2) is 12.5 Å². The highest BCUT2D eigenvalue weighted by Crippen LogP contribution is 2.42. The number of fused-ring (bicyclic) bond motifs is 1. The SMILES string of the molecule is NC1(c2ccc3c(c2)CCOC3)CCC(F)(F)CC1. The third kappa shape index (κ3) is 2.51. The van der Waals surface area contributed by atoms with Crippen LogP contribution in [0.25, 0.3) is 0 Å². The van der Waals surface area contributed by atoms with Crippen LogP contribution in [0, 0.1) is 0 Å². The molecular formula is C15H19F2NO. The predicted molar refractivity (Wildman–Crippen MR) is 69.1 cm³/mol. The number of halogens is 2. The molecule has 1 aromatic rings. The highest BCUT2D eigenvalue weighted by Gasteiger charge is 2.42. The number of ether oxygens (including phenoxy) is 1. The van der Waals surface area contributed by atoms with Crippen molar-refractivity contribution in [2.24, 2.45) is 5.73 Å². The van der Waals surface area contributed by atoms with Crippen LogP contribution < -0.4 is 5.73 Å². The van der Waals surface area contributed by atoms with E-state index in [0.29, 0.717) is 19.4 Å². The Morgan fingerprint density at radius 2 is 1.79 bits per heavy atom. The second-order valence-electron chi connectivity index (χ2n) is 5.80. The van der Waals surface area contributed by atoms with Crippen LogP contribution in [0.1, 0.15) is 42.4 Å². The lowest BCUT2D eigenvalue weighted by Gasteiger charge is -2.38. The van der Waals surface area contributed by atoms with Gasteiger partial charge in [0.2, 0.25) is 5.92 Å². The standard InChI is InChI=1S/C15H19F2NO/c16-15(17)6-4-14(18,5-7-15)13-2-1-12-10-19-8-3-11(12)9-13/h1-2,9H,3-8,10,18H2. The molecule has 1 saturated carbocycles. The lowest BCUT2D eigenvalue weighted by molar-refractivity contribution is -0.0514. The minimum absolute atomic E-state index is 0.107. The van der Waals surface area contributed by atoms with Crippen molar-refractivity contribution >= 4 is 0 Å². The molecule has 1 aromatic carbocycles. The van der Waals surface area contributed by atoms with Crippen molar-refractivity contribution in [1.29, 1.82) is 0 Å². The van der Waals surface area contributed by atoms with Crippen molar-refractivity contribution in [2.45, 2.75) is 50.2 Å². The number of nitrogens with two attached hydrogens (primary N) is 1. The summed E-state index contributed by atoms with van der Waals surface area (Å²) < 4.78 is 31.9. The van der Waals surface area contributed by atoms with Crippen LogP contribution in [0.4, 0.5) is 8.78 Å². The van der Waals surface area contributed by atoms with E-state index in [1.54, 1.807) is 0 Å². The number of hydrogen-bond acceptors (Lipinski definition) is 2. The third-order valence-electron chi connectivity index (χ3n) is 4.43. The Balaban J connectivity index is 1.86. The summed E-state index contributed by atoms with van der Waals surface area (Å²) in [4.78, 5) is 0. The summed E-state index contributed by atoms with van der Waals surface area (Å²) in [6.45, 7) is 1.37. The molecule has 3 rings (SSSR count). The minimum atomic E-state index is -2.54. The summed E-state index contributed by atoms with van der Waals surface area (Å²) >= 11 is 0. The maximum atomic E-state index is 13.3. The number of alkyl halides is 2. The zero-order chi connectivity index (χ0) is 13.5. The molecular weight excluding hydrogens is 248 g/mol. The largest absolute Gasteiger partial charge is 0.376 e. The van der Waals surface area contributed by atoms with E-state index >= 15 is 0 Å². The lowest BCUT2D eigenvalue weighted by atomic mass is 9.75. The summed E-state index contributed by atoms with van der Waals surface area (Å²) in [6.07, 6.45) is 1.38. The first-order valence-electron chi connectivity index (χ1n) is 6.85. The Morgan fingerprint density at radius 1 is 1.05 bits per heavy atom. The summed E-state index contributed by atoms with van der Waals surface area (Å²) in [7, 11) is 0. The first-order valence-corrected chi connectivity index (χ1v) is 6.85. The number of rotatable bonds is 1. The van der Waals surface area contributed by atoms with Crippen molar-refractivity contribution < 1.29 is 13.5 Å². The van der Waals surface area contributed by atoms with Crippen LogP contribution in [0.5, 0.6) is 0 Å². The second kappa shape index (κ2) is 4.53. The van der Waals surface area contributed by atoms with E-state index in [4.69, 9.17) is 10.5 Å². The fourth-order valence-corrected chi connectivity index (χ4v) is 3.02. The van der Waals surface area contributed by atoms with Gasteiger partial charge in [-0.15, -0.1) is 0 Å². The molecule has 4 heteroatoms. The molecule has 0 amide bonds. The van der Waals surface area contributed by atoms with Crippen LogP contribution >= 0.6 is 0 Å². The Bertz CT molecular complexity index is 477. The molecule has 1 aliphatic carbocycles. The summed E-state index contributed by atoms with van der Waals surface area (Å²) in [5.41, 5.74) is 9.23. The van der Waals surface area contributed by atoms with Crippen LogP contribution in [0.15, 0.2) is 18.2 Å². The molecule has 104 valence electrons. The van der Waals surface area contributed by atoms with Crippen molar-refractivity contribution in [1.82, 2.24) is 0 Å². The average molecular weight is 267 g/mol. The van der Waals surface area contributed by atoms with Gasteiger partial charge < -0.3 is 10.5 Å². The molecule has 0 bridgehead atoms. The third-order valence-corrected chi connectivity index (χ3v) is 4.43. The van der Waals surface area contributed by atoms with Gasteiger partial charge in [0, 0.05) is 18.4 Å². The van der Waals surface area contributed by atoms with Crippen molar-refractivity contribution in [3.63, 3.8) is 0 Å². The first-order chi connectivity index (χ1) is 8.99. The summed E-state index contributed by atoms with van der Waals surface area (Å²) in [6, 6.07) is 6.11. The van der Waals surface area contributed by atoms with Gasteiger partial charge in [-0.2, -0.15) is 0 Å². The fraction of sp³-hybridized carbons (Fsp3) is 0.600. The molecule has 2 aliphatic rings. The first kappa shape index (κ1) is 13.0. The van der Waals surface area contributed by atoms with E-state index < -0.39 is 11.5 Å². The van der Waals surface area contributed by atoms with Crippen molar-refractivity contribution in [3.8, 4) is 0 Å². The Labute approximate surface area is 111 Å².